The Morgan fingerprint density at radius 2 is 0.978 bits per heavy atom. The number of benzene rings is 3. The molecule has 0 aliphatic rings. The number of furan rings is 2. The van der Waals surface area contributed by atoms with Gasteiger partial charge in [-0.15, -0.1) is 0 Å². The summed E-state index contributed by atoms with van der Waals surface area (Å²) in [6.45, 7) is 29.9. The molecule has 0 atom stereocenters. The van der Waals surface area contributed by atoms with Crippen LogP contribution in [0, 0.1) is 17.8 Å². The zero-order chi connectivity index (χ0) is 35.1. The molecule has 4 nitrogen and oxygen atoms in total. The van der Waals surface area contributed by atoms with Gasteiger partial charge in [0.25, 0.3) is 0 Å². The molecule has 0 bridgehead atoms. The van der Waals surface area contributed by atoms with Crippen LogP contribution in [0.1, 0.15) is 101 Å². The highest BCUT2D eigenvalue weighted by Crippen LogP contribution is 2.25. The number of rotatable bonds is 0. The molecular weight excluding hydrogens is 568 g/mol. The van der Waals surface area contributed by atoms with Crippen molar-refractivity contribution in [3.63, 3.8) is 0 Å². The third-order valence-electron chi connectivity index (χ3n) is 5.40. The first-order chi connectivity index (χ1) is 21.3. The minimum atomic E-state index is -0.300. The van der Waals surface area contributed by atoms with E-state index in [9.17, 15) is 4.79 Å². The second kappa shape index (κ2) is 18.2. The smallest absolute Gasteiger partial charge is 0.336 e. The Hall–Kier alpha value is -4.05. The second-order valence-electron chi connectivity index (χ2n) is 15.1. The van der Waals surface area contributed by atoms with Crippen LogP contribution in [-0.4, -0.2) is 0 Å². The predicted octanol–water partition coefficient (Wildman–Crippen LogP) is 13.4. The van der Waals surface area contributed by atoms with Crippen LogP contribution >= 0.6 is 0 Å². The van der Waals surface area contributed by atoms with E-state index in [1.54, 1.807) is 12.3 Å². The summed E-state index contributed by atoms with van der Waals surface area (Å²) in [4.78, 5) is 11.0. The highest BCUT2D eigenvalue weighted by molar-refractivity contribution is 5.78. The van der Waals surface area contributed by atoms with Crippen LogP contribution in [0.2, 0.25) is 0 Å². The summed E-state index contributed by atoms with van der Waals surface area (Å²) in [6.07, 6.45) is 1.70. The van der Waals surface area contributed by atoms with Crippen molar-refractivity contribution in [2.45, 2.75) is 102 Å². The van der Waals surface area contributed by atoms with E-state index in [0.29, 0.717) is 16.4 Å². The Morgan fingerprint density at radius 1 is 0.500 bits per heavy atom. The second-order valence-corrected chi connectivity index (χ2v) is 15.1. The van der Waals surface area contributed by atoms with E-state index in [-0.39, 0.29) is 11.0 Å². The summed E-state index contributed by atoms with van der Waals surface area (Å²) in [5, 5.41) is 3.32. The first-order valence-electron chi connectivity index (χ1n) is 16.2. The molecule has 3 aromatic carbocycles. The molecule has 0 spiro atoms. The molecular formula is C42H58O4. The van der Waals surface area contributed by atoms with Crippen molar-refractivity contribution in [1.82, 2.24) is 0 Å². The molecule has 250 valence electrons. The van der Waals surface area contributed by atoms with Gasteiger partial charge in [0.05, 0.1) is 6.26 Å². The van der Waals surface area contributed by atoms with E-state index in [1.165, 1.54) is 17.0 Å². The average molecular weight is 627 g/mol. The van der Waals surface area contributed by atoms with Crippen LogP contribution in [0.25, 0.3) is 32.9 Å². The van der Waals surface area contributed by atoms with E-state index in [0.717, 1.165) is 27.7 Å². The maximum absolute atomic E-state index is 11.0. The molecule has 46 heavy (non-hydrogen) atoms. The van der Waals surface area contributed by atoms with Gasteiger partial charge in [0.2, 0.25) is 0 Å². The molecule has 6 rings (SSSR count). The number of hydrogen-bond acceptors (Lipinski definition) is 4. The van der Waals surface area contributed by atoms with Crippen LogP contribution in [-0.2, 0) is 5.41 Å². The molecule has 6 aromatic rings. The van der Waals surface area contributed by atoms with Gasteiger partial charge in [-0.3, -0.25) is 0 Å². The molecule has 0 saturated heterocycles. The Kier molecular flexibility index (Phi) is 15.8. The maximum Gasteiger partial charge on any atom is 0.336 e. The number of hydrogen-bond donors (Lipinski definition) is 0. The third kappa shape index (κ3) is 16.9. The summed E-state index contributed by atoms with van der Waals surface area (Å²) in [7, 11) is 0. The lowest BCUT2D eigenvalue weighted by atomic mass is 9.86. The fourth-order valence-corrected chi connectivity index (χ4v) is 3.56. The molecule has 4 heteroatoms. The zero-order valence-corrected chi connectivity index (χ0v) is 30.9. The SMILES string of the molecule is CC.CC(C)(C)C.CC(C)(C)C.CC(C)(C)c1ccc2oc(=O)ccc2c1.Cc1cc2ccccc2o1.c1ccc2occc2c1. The lowest BCUT2D eigenvalue weighted by Gasteiger charge is -2.18. The van der Waals surface area contributed by atoms with E-state index < -0.39 is 0 Å². The summed E-state index contributed by atoms with van der Waals surface area (Å²) >= 11 is 0. The molecule has 0 fully saturated rings. The zero-order valence-electron chi connectivity index (χ0n) is 30.9. The van der Waals surface area contributed by atoms with E-state index in [1.807, 2.05) is 93.6 Å². The van der Waals surface area contributed by atoms with Crippen molar-refractivity contribution < 1.29 is 13.3 Å². The highest BCUT2D eigenvalue weighted by Gasteiger charge is 2.14. The summed E-state index contributed by atoms with van der Waals surface area (Å²) in [5.41, 5.74) is 4.63. The predicted molar refractivity (Wildman–Crippen MR) is 200 cm³/mol. The summed E-state index contributed by atoms with van der Waals surface area (Å²) < 4.78 is 15.6. The first kappa shape index (κ1) is 40.0. The van der Waals surface area contributed by atoms with Gasteiger partial charge in [-0.1, -0.05) is 132 Å². The van der Waals surface area contributed by atoms with Crippen LogP contribution in [0.15, 0.2) is 115 Å². The maximum atomic E-state index is 11.0. The monoisotopic (exact) mass is 626 g/mol. The van der Waals surface area contributed by atoms with Crippen LogP contribution in [0.5, 0.6) is 0 Å². The minimum absolute atomic E-state index is 0.115. The van der Waals surface area contributed by atoms with Gasteiger partial charge in [0, 0.05) is 22.2 Å². The van der Waals surface area contributed by atoms with Crippen LogP contribution < -0.4 is 5.63 Å². The third-order valence-corrected chi connectivity index (χ3v) is 5.40. The average Bonchev–Trinajstić information content (AvgIpc) is 3.58. The molecule has 3 aromatic heterocycles. The fraction of sp³-hybridized carbons (Fsp3) is 0.405. The quantitative estimate of drug-likeness (QED) is 0.157. The molecule has 0 radical (unpaired) electrons. The van der Waals surface area contributed by atoms with Crippen molar-refractivity contribution in [3.05, 3.63) is 119 Å². The minimum Gasteiger partial charge on any atom is -0.464 e. The van der Waals surface area contributed by atoms with E-state index in [2.05, 4.69) is 82.2 Å². The van der Waals surface area contributed by atoms with Gasteiger partial charge in [0.15, 0.2) is 0 Å². The van der Waals surface area contributed by atoms with Gasteiger partial charge in [-0.2, -0.15) is 0 Å². The Balaban J connectivity index is 0.000000301. The van der Waals surface area contributed by atoms with Gasteiger partial charge in [-0.25, -0.2) is 4.79 Å². The van der Waals surface area contributed by atoms with Gasteiger partial charge < -0.3 is 13.3 Å². The molecule has 0 amide bonds. The van der Waals surface area contributed by atoms with Crippen LogP contribution in [0.3, 0.4) is 0 Å². The standard InChI is InChI=1S/C13H14O2.C9H8O.C8H6O.2C5H12.C2H6/c1-13(2,3)10-5-6-11-9(8-10)4-7-12(14)15-11;1-7-6-8-4-2-3-5-9(8)10-7;1-2-4-8-7(3-1)5-6-9-8;2*1-5(2,3)4;1-2/h4-8H,1-3H3;2-6H,1H3;1-6H;2*1-4H3;1-2H3. The normalized spacial score (nSPS) is 10.9. The van der Waals surface area contributed by atoms with Gasteiger partial charge >= 0.3 is 5.63 Å². The molecule has 0 aliphatic carbocycles. The lowest BCUT2D eigenvalue weighted by molar-refractivity contribution is 0.469. The molecule has 0 N–H and O–H groups in total. The van der Waals surface area contributed by atoms with Crippen molar-refractivity contribution in [2.75, 3.05) is 0 Å². The highest BCUT2D eigenvalue weighted by atomic mass is 16.4. The number of para-hydroxylation sites is 2. The van der Waals surface area contributed by atoms with Crippen molar-refractivity contribution in [3.8, 4) is 0 Å². The Morgan fingerprint density at radius 3 is 1.50 bits per heavy atom. The molecule has 3 heterocycles. The van der Waals surface area contributed by atoms with Crippen LogP contribution in [0.4, 0.5) is 0 Å². The number of aryl methyl sites for hydroxylation is 1. The van der Waals surface area contributed by atoms with E-state index >= 15 is 0 Å². The van der Waals surface area contributed by atoms with Gasteiger partial charge in [-0.05, 0) is 71.2 Å². The number of fused-ring (bicyclic) bond motifs is 3. The van der Waals surface area contributed by atoms with Gasteiger partial charge in [0.1, 0.15) is 22.5 Å². The summed E-state index contributed by atoms with van der Waals surface area (Å²) in [6, 6.07) is 29.1. The first-order valence-corrected chi connectivity index (χ1v) is 16.2. The van der Waals surface area contributed by atoms with E-state index in [4.69, 9.17) is 13.3 Å². The van der Waals surface area contributed by atoms with Crippen molar-refractivity contribution in [1.29, 1.82) is 0 Å². The Labute approximate surface area is 277 Å². The molecule has 0 unspecified atom stereocenters. The fourth-order valence-electron chi connectivity index (χ4n) is 3.56. The lowest BCUT2D eigenvalue weighted by Crippen LogP contribution is -2.10. The molecule has 0 saturated carbocycles. The Bertz CT molecular complexity index is 1670. The molecule has 0 aliphatic heterocycles. The summed E-state index contributed by atoms with van der Waals surface area (Å²) in [5.74, 6) is 0.973. The van der Waals surface area contributed by atoms with Crippen molar-refractivity contribution >= 4 is 32.9 Å². The largest absolute Gasteiger partial charge is 0.464 e. The topological polar surface area (TPSA) is 56.5 Å². The van der Waals surface area contributed by atoms with Crippen molar-refractivity contribution in [2.24, 2.45) is 10.8 Å².